The van der Waals surface area contributed by atoms with Crippen LogP contribution in [0.3, 0.4) is 0 Å². The number of hydrogen-bond acceptors (Lipinski definition) is 3. The van der Waals surface area contributed by atoms with Gasteiger partial charge in [0.25, 0.3) is 0 Å². The highest BCUT2D eigenvalue weighted by Gasteiger charge is 2.32. The number of nitrogens with two attached hydrogens (primary N) is 1. The third-order valence-electron chi connectivity index (χ3n) is 3.40. The molecule has 1 saturated heterocycles. The van der Waals surface area contributed by atoms with Crippen LogP contribution in [-0.4, -0.2) is 25.2 Å². The third kappa shape index (κ3) is 3.93. The van der Waals surface area contributed by atoms with Crippen molar-refractivity contribution in [1.82, 2.24) is 5.32 Å². The Morgan fingerprint density at radius 3 is 2.47 bits per heavy atom. The van der Waals surface area contributed by atoms with E-state index < -0.39 is 5.54 Å². The van der Waals surface area contributed by atoms with Gasteiger partial charge in [0.1, 0.15) is 5.54 Å². The first kappa shape index (κ1) is 16.0. The average molecular weight is 285 g/mol. The number of ether oxygens (including phenoxy) is 1. The maximum Gasteiger partial charge on any atom is 0.244 e. The molecule has 4 nitrogen and oxygen atoms in total. The zero-order valence-electron chi connectivity index (χ0n) is 11.1. The van der Waals surface area contributed by atoms with Gasteiger partial charge in [-0.05, 0) is 25.3 Å². The predicted molar refractivity (Wildman–Crippen MR) is 77.2 cm³/mol. The molecule has 0 aromatic heterocycles. The number of benzene rings is 1. The SMILES string of the molecule is CC(N)(C(=O)NC1CCOCC1)c1ccccc1.Cl. The Labute approximate surface area is 120 Å². The molecule has 0 bridgehead atoms. The van der Waals surface area contributed by atoms with Crippen molar-refractivity contribution >= 4 is 18.3 Å². The van der Waals surface area contributed by atoms with Crippen LogP contribution in [-0.2, 0) is 15.1 Å². The van der Waals surface area contributed by atoms with Crippen molar-refractivity contribution in [3.05, 3.63) is 35.9 Å². The molecule has 0 aliphatic carbocycles. The van der Waals surface area contributed by atoms with Gasteiger partial charge in [-0.25, -0.2) is 0 Å². The number of amides is 1. The molecule has 19 heavy (non-hydrogen) atoms. The lowest BCUT2D eigenvalue weighted by Gasteiger charge is -2.29. The molecule has 5 heteroatoms. The molecule has 1 unspecified atom stereocenters. The van der Waals surface area contributed by atoms with Crippen molar-refractivity contribution in [2.24, 2.45) is 5.73 Å². The summed E-state index contributed by atoms with van der Waals surface area (Å²) in [7, 11) is 0. The van der Waals surface area contributed by atoms with E-state index in [1.54, 1.807) is 6.92 Å². The second-order valence-corrected chi connectivity index (χ2v) is 4.93. The number of carbonyl (C=O) groups is 1. The minimum atomic E-state index is -0.987. The average Bonchev–Trinajstić information content (AvgIpc) is 2.41. The Balaban J connectivity index is 0.00000180. The Kier molecular flexibility index (Phi) is 5.79. The van der Waals surface area contributed by atoms with E-state index in [1.165, 1.54) is 0 Å². The van der Waals surface area contributed by atoms with Crippen LogP contribution in [0.15, 0.2) is 30.3 Å². The monoisotopic (exact) mass is 284 g/mol. The van der Waals surface area contributed by atoms with Crippen LogP contribution in [0.1, 0.15) is 25.3 Å². The first-order valence-corrected chi connectivity index (χ1v) is 6.34. The van der Waals surface area contributed by atoms with E-state index in [0.717, 1.165) is 18.4 Å². The van der Waals surface area contributed by atoms with E-state index in [1.807, 2.05) is 30.3 Å². The zero-order valence-corrected chi connectivity index (χ0v) is 11.9. The van der Waals surface area contributed by atoms with Gasteiger partial charge in [0.2, 0.25) is 5.91 Å². The van der Waals surface area contributed by atoms with Crippen molar-refractivity contribution in [3.63, 3.8) is 0 Å². The lowest BCUT2D eigenvalue weighted by atomic mass is 9.91. The molecule has 1 aromatic carbocycles. The van der Waals surface area contributed by atoms with E-state index in [2.05, 4.69) is 5.32 Å². The molecule has 0 spiro atoms. The molecule has 0 saturated carbocycles. The maximum absolute atomic E-state index is 12.3. The first-order chi connectivity index (χ1) is 8.60. The van der Waals surface area contributed by atoms with Gasteiger partial charge in [-0.1, -0.05) is 30.3 Å². The lowest BCUT2D eigenvalue weighted by Crippen LogP contribution is -2.52. The summed E-state index contributed by atoms with van der Waals surface area (Å²) in [6, 6.07) is 9.63. The highest BCUT2D eigenvalue weighted by molar-refractivity contribution is 5.87. The molecule has 1 aromatic rings. The molecule has 1 atom stereocenters. The third-order valence-corrected chi connectivity index (χ3v) is 3.40. The predicted octanol–water partition coefficient (Wildman–Crippen LogP) is 1.58. The summed E-state index contributed by atoms with van der Waals surface area (Å²) < 4.78 is 5.27. The summed E-state index contributed by atoms with van der Waals surface area (Å²) in [5.74, 6) is -0.124. The molecule has 0 radical (unpaired) electrons. The van der Waals surface area contributed by atoms with Gasteiger partial charge in [-0.15, -0.1) is 12.4 Å². The van der Waals surface area contributed by atoms with Gasteiger partial charge in [0.05, 0.1) is 0 Å². The van der Waals surface area contributed by atoms with Gasteiger partial charge < -0.3 is 15.8 Å². The summed E-state index contributed by atoms with van der Waals surface area (Å²) in [5.41, 5.74) is 6.00. The highest BCUT2D eigenvalue weighted by Crippen LogP contribution is 2.18. The second kappa shape index (κ2) is 6.89. The number of rotatable bonds is 3. The minimum absolute atomic E-state index is 0. The normalized spacial score (nSPS) is 19.1. The van der Waals surface area contributed by atoms with E-state index in [4.69, 9.17) is 10.5 Å². The van der Waals surface area contributed by atoms with E-state index in [0.29, 0.717) is 13.2 Å². The standard InChI is InChI=1S/C14H20N2O2.ClH/c1-14(15,11-5-3-2-4-6-11)13(17)16-12-7-9-18-10-8-12;/h2-6,12H,7-10,15H2,1H3,(H,16,17);1H. The molecule has 1 amide bonds. The Hall–Kier alpha value is -1.10. The molecule has 3 N–H and O–H groups in total. The molecule has 1 heterocycles. The summed E-state index contributed by atoms with van der Waals surface area (Å²) >= 11 is 0. The van der Waals surface area contributed by atoms with Crippen molar-refractivity contribution in [2.45, 2.75) is 31.3 Å². The number of nitrogens with one attached hydrogen (secondary N) is 1. The summed E-state index contributed by atoms with van der Waals surface area (Å²) in [5, 5.41) is 3.01. The summed E-state index contributed by atoms with van der Waals surface area (Å²) in [4.78, 5) is 12.3. The van der Waals surface area contributed by atoms with E-state index in [9.17, 15) is 4.79 Å². The van der Waals surface area contributed by atoms with Crippen LogP contribution in [0.25, 0.3) is 0 Å². The van der Waals surface area contributed by atoms with Crippen LogP contribution in [0, 0.1) is 0 Å². The molecule has 2 rings (SSSR count). The van der Waals surface area contributed by atoms with Gasteiger partial charge in [0, 0.05) is 19.3 Å². The van der Waals surface area contributed by atoms with Crippen molar-refractivity contribution in [2.75, 3.05) is 13.2 Å². The molecule has 1 aliphatic rings. The topological polar surface area (TPSA) is 64.4 Å². The van der Waals surface area contributed by atoms with Crippen LogP contribution in [0.4, 0.5) is 0 Å². The van der Waals surface area contributed by atoms with Gasteiger partial charge in [-0.3, -0.25) is 4.79 Å². The number of halogens is 1. The maximum atomic E-state index is 12.3. The first-order valence-electron chi connectivity index (χ1n) is 6.34. The van der Waals surface area contributed by atoms with Crippen LogP contribution >= 0.6 is 12.4 Å². The minimum Gasteiger partial charge on any atom is -0.381 e. The zero-order chi connectivity index (χ0) is 13.0. The summed E-state index contributed by atoms with van der Waals surface area (Å²) in [6.45, 7) is 3.16. The number of hydrogen-bond donors (Lipinski definition) is 2. The molecular weight excluding hydrogens is 264 g/mol. The summed E-state index contributed by atoms with van der Waals surface area (Å²) in [6.07, 6.45) is 1.72. The van der Waals surface area contributed by atoms with Crippen molar-refractivity contribution < 1.29 is 9.53 Å². The van der Waals surface area contributed by atoms with Crippen molar-refractivity contribution in [1.29, 1.82) is 0 Å². The van der Waals surface area contributed by atoms with Crippen LogP contribution < -0.4 is 11.1 Å². The lowest BCUT2D eigenvalue weighted by molar-refractivity contribution is -0.127. The molecule has 106 valence electrons. The molecular formula is C14H21ClN2O2. The molecule has 1 fully saturated rings. The molecule has 1 aliphatic heterocycles. The fourth-order valence-electron chi connectivity index (χ4n) is 2.09. The Morgan fingerprint density at radius 1 is 1.32 bits per heavy atom. The Morgan fingerprint density at radius 2 is 1.89 bits per heavy atom. The smallest absolute Gasteiger partial charge is 0.244 e. The largest absolute Gasteiger partial charge is 0.381 e. The van der Waals surface area contributed by atoms with E-state index >= 15 is 0 Å². The van der Waals surface area contributed by atoms with Crippen LogP contribution in [0.2, 0.25) is 0 Å². The van der Waals surface area contributed by atoms with Gasteiger partial charge in [0.15, 0.2) is 0 Å². The second-order valence-electron chi connectivity index (χ2n) is 4.93. The van der Waals surface area contributed by atoms with Crippen molar-refractivity contribution in [3.8, 4) is 0 Å². The quantitative estimate of drug-likeness (QED) is 0.886. The van der Waals surface area contributed by atoms with Gasteiger partial charge in [-0.2, -0.15) is 0 Å². The Bertz CT molecular complexity index is 403. The van der Waals surface area contributed by atoms with Gasteiger partial charge >= 0.3 is 0 Å². The van der Waals surface area contributed by atoms with Crippen LogP contribution in [0.5, 0.6) is 0 Å². The highest BCUT2D eigenvalue weighted by atomic mass is 35.5. The fraction of sp³-hybridized carbons (Fsp3) is 0.500. The fourth-order valence-corrected chi connectivity index (χ4v) is 2.09. The van der Waals surface area contributed by atoms with E-state index in [-0.39, 0.29) is 24.4 Å². The number of carbonyl (C=O) groups excluding carboxylic acids is 1.